The summed E-state index contributed by atoms with van der Waals surface area (Å²) in [7, 11) is 0. The highest BCUT2D eigenvalue weighted by molar-refractivity contribution is 5.09. The molecule has 0 radical (unpaired) electrons. The predicted molar refractivity (Wildman–Crippen MR) is 64.0 cm³/mol. The molecule has 0 saturated heterocycles. The van der Waals surface area contributed by atoms with Gasteiger partial charge in [-0.2, -0.15) is 0 Å². The third-order valence-electron chi connectivity index (χ3n) is 3.23. The van der Waals surface area contributed by atoms with Crippen LogP contribution in [0.4, 0.5) is 0 Å². The van der Waals surface area contributed by atoms with Gasteiger partial charge in [-0.15, -0.1) is 0 Å². The molecule has 88 valence electrons. The Kier molecular flexibility index (Phi) is 3.91. The summed E-state index contributed by atoms with van der Waals surface area (Å²) in [6, 6.07) is 5.94. The van der Waals surface area contributed by atoms with Gasteiger partial charge in [0.2, 0.25) is 0 Å². The second-order valence-corrected chi connectivity index (χ2v) is 4.44. The van der Waals surface area contributed by atoms with Crippen LogP contribution in [0.25, 0.3) is 0 Å². The molecular formula is C13H20N2O. The van der Waals surface area contributed by atoms with Gasteiger partial charge >= 0.3 is 0 Å². The van der Waals surface area contributed by atoms with Crippen LogP contribution in [-0.4, -0.2) is 17.1 Å². The molecule has 0 spiro atoms. The first-order valence-corrected chi connectivity index (χ1v) is 6.13. The van der Waals surface area contributed by atoms with E-state index in [4.69, 9.17) is 10.5 Å². The first-order valence-electron chi connectivity index (χ1n) is 6.13. The monoisotopic (exact) mass is 220 g/mol. The standard InChI is InChI=1S/C13H20N2O/c1-2-11(14)13(16-10-6-5-7-10)12-8-3-4-9-15-12/h3-4,8-11,13H,2,5-7,14H2,1H3. The minimum absolute atomic E-state index is 0.0375. The Morgan fingerprint density at radius 3 is 2.81 bits per heavy atom. The lowest BCUT2D eigenvalue weighted by atomic mass is 9.95. The highest BCUT2D eigenvalue weighted by Gasteiger charge is 2.27. The van der Waals surface area contributed by atoms with Gasteiger partial charge in [0.15, 0.2) is 0 Å². The summed E-state index contributed by atoms with van der Waals surface area (Å²) in [5.41, 5.74) is 7.07. The van der Waals surface area contributed by atoms with Crippen LogP contribution in [0.15, 0.2) is 24.4 Å². The number of nitrogens with zero attached hydrogens (tertiary/aromatic N) is 1. The van der Waals surface area contributed by atoms with E-state index in [1.807, 2.05) is 18.2 Å². The summed E-state index contributed by atoms with van der Waals surface area (Å²) in [5, 5.41) is 0. The van der Waals surface area contributed by atoms with Crippen molar-refractivity contribution < 1.29 is 4.74 Å². The number of rotatable bonds is 5. The van der Waals surface area contributed by atoms with Gasteiger partial charge in [-0.3, -0.25) is 4.98 Å². The zero-order chi connectivity index (χ0) is 11.4. The van der Waals surface area contributed by atoms with E-state index in [1.54, 1.807) is 6.20 Å². The topological polar surface area (TPSA) is 48.1 Å². The summed E-state index contributed by atoms with van der Waals surface area (Å²) in [5.74, 6) is 0. The van der Waals surface area contributed by atoms with Crippen LogP contribution in [0.5, 0.6) is 0 Å². The third-order valence-corrected chi connectivity index (χ3v) is 3.23. The van der Waals surface area contributed by atoms with Gasteiger partial charge < -0.3 is 10.5 Å². The van der Waals surface area contributed by atoms with E-state index in [9.17, 15) is 0 Å². The fourth-order valence-electron chi connectivity index (χ4n) is 1.86. The maximum Gasteiger partial charge on any atom is 0.115 e. The van der Waals surface area contributed by atoms with Crippen LogP contribution in [-0.2, 0) is 4.74 Å². The van der Waals surface area contributed by atoms with Crippen molar-refractivity contribution >= 4 is 0 Å². The van der Waals surface area contributed by atoms with E-state index in [0.717, 1.165) is 12.1 Å². The number of pyridine rings is 1. The molecule has 2 unspecified atom stereocenters. The number of hydrogen-bond acceptors (Lipinski definition) is 3. The van der Waals surface area contributed by atoms with Crippen molar-refractivity contribution in [1.29, 1.82) is 0 Å². The van der Waals surface area contributed by atoms with Crippen molar-refractivity contribution in [3.8, 4) is 0 Å². The SMILES string of the molecule is CCC(N)C(OC1CCC1)c1ccccn1. The van der Waals surface area contributed by atoms with Gasteiger partial charge in [0.1, 0.15) is 6.10 Å². The van der Waals surface area contributed by atoms with E-state index in [-0.39, 0.29) is 12.1 Å². The van der Waals surface area contributed by atoms with Crippen LogP contribution in [0.3, 0.4) is 0 Å². The molecule has 1 aliphatic rings. The molecule has 0 bridgehead atoms. The van der Waals surface area contributed by atoms with E-state index >= 15 is 0 Å². The maximum absolute atomic E-state index is 6.11. The minimum Gasteiger partial charge on any atom is -0.367 e. The van der Waals surface area contributed by atoms with Crippen LogP contribution < -0.4 is 5.73 Å². The lowest BCUT2D eigenvalue weighted by molar-refractivity contribution is -0.0655. The summed E-state index contributed by atoms with van der Waals surface area (Å²) in [6.07, 6.45) is 6.67. The average Bonchev–Trinajstić information content (AvgIpc) is 2.28. The first kappa shape index (κ1) is 11.6. The van der Waals surface area contributed by atoms with Gasteiger partial charge in [0.25, 0.3) is 0 Å². The summed E-state index contributed by atoms with van der Waals surface area (Å²) in [4.78, 5) is 4.35. The van der Waals surface area contributed by atoms with Crippen LogP contribution in [0.1, 0.15) is 44.4 Å². The van der Waals surface area contributed by atoms with Crippen LogP contribution >= 0.6 is 0 Å². The van der Waals surface area contributed by atoms with Crippen molar-refractivity contribution in [3.05, 3.63) is 30.1 Å². The molecule has 3 heteroatoms. The van der Waals surface area contributed by atoms with E-state index < -0.39 is 0 Å². The Labute approximate surface area is 97.0 Å². The van der Waals surface area contributed by atoms with Gasteiger partial charge in [0.05, 0.1) is 11.8 Å². The average molecular weight is 220 g/mol. The quantitative estimate of drug-likeness (QED) is 0.829. The molecule has 1 saturated carbocycles. The summed E-state index contributed by atoms with van der Waals surface area (Å²) < 4.78 is 6.04. The molecule has 2 rings (SSSR count). The van der Waals surface area contributed by atoms with Crippen molar-refractivity contribution in [3.63, 3.8) is 0 Å². The van der Waals surface area contributed by atoms with E-state index in [2.05, 4.69) is 11.9 Å². The largest absolute Gasteiger partial charge is 0.367 e. The molecule has 16 heavy (non-hydrogen) atoms. The Balaban J connectivity index is 2.07. The summed E-state index contributed by atoms with van der Waals surface area (Å²) >= 11 is 0. The number of aromatic nitrogens is 1. The lowest BCUT2D eigenvalue weighted by Crippen LogP contribution is -2.35. The second kappa shape index (κ2) is 5.41. The van der Waals surface area contributed by atoms with Gasteiger partial charge in [-0.1, -0.05) is 13.0 Å². The molecule has 1 aromatic rings. The number of nitrogens with two attached hydrogens (primary N) is 1. The highest BCUT2D eigenvalue weighted by atomic mass is 16.5. The predicted octanol–water partition coefficient (Wildman–Crippen LogP) is 2.43. The molecule has 2 atom stereocenters. The molecule has 0 amide bonds. The van der Waals surface area contributed by atoms with E-state index in [0.29, 0.717) is 6.10 Å². The molecule has 3 nitrogen and oxygen atoms in total. The Bertz CT molecular complexity index is 311. The smallest absolute Gasteiger partial charge is 0.115 e. The van der Waals surface area contributed by atoms with Gasteiger partial charge in [-0.25, -0.2) is 0 Å². The molecule has 0 aromatic carbocycles. The fourth-order valence-corrected chi connectivity index (χ4v) is 1.86. The zero-order valence-electron chi connectivity index (χ0n) is 9.80. The van der Waals surface area contributed by atoms with Crippen molar-refractivity contribution in [2.24, 2.45) is 5.73 Å². The normalized spacial score (nSPS) is 20.1. The molecule has 1 heterocycles. The van der Waals surface area contributed by atoms with Gasteiger partial charge in [0, 0.05) is 12.2 Å². The Morgan fingerprint density at radius 1 is 1.50 bits per heavy atom. The third kappa shape index (κ3) is 2.60. The minimum atomic E-state index is -0.0449. The first-order chi connectivity index (χ1) is 7.81. The molecular weight excluding hydrogens is 200 g/mol. The number of hydrogen-bond donors (Lipinski definition) is 1. The van der Waals surface area contributed by atoms with Crippen molar-refractivity contribution in [2.75, 3.05) is 0 Å². The number of ether oxygens (including phenoxy) is 1. The van der Waals surface area contributed by atoms with E-state index in [1.165, 1.54) is 19.3 Å². The van der Waals surface area contributed by atoms with Crippen molar-refractivity contribution in [2.45, 2.75) is 50.9 Å². The van der Waals surface area contributed by atoms with Gasteiger partial charge in [-0.05, 0) is 37.8 Å². The molecule has 0 aliphatic heterocycles. The van der Waals surface area contributed by atoms with Crippen LogP contribution in [0.2, 0.25) is 0 Å². The Hall–Kier alpha value is -0.930. The second-order valence-electron chi connectivity index (χ2n) is 4.44. The molecule has 2 N–H and O–H groups in total. The fraction of sp³-hybridized carbons (Fsp3) is 0.615. The van der Waals surface area contributed by atoms with Crippen molar-refractivity contribution in [1.82, 2.24) is 4.98 Å². The molecule has 1 aliphatic carbocycles. The van der Waals surface area contributed by atoms with Crippen LogP contribution in [0, 0.1) is 0 Å². The highest BCUT2D eigenvalue weighted by Crippen LogP contribution is 2.30. The Morgan fingerprint density at radius 2 is 2.31 bits per heavy atom. The molecule has 1 aromatic heterocycles. The lowest BCUT2D eigenvalue weighted by Gasteiger charge is -2.32. The zero-order valence-corrected chi connectivity index (χ0v) is 9.80. The molecule has 1 fully saturated rings. The summed E-state index contributed by atoms with van der Waals surface area (Å²) in [6.45, 7) is 2.09. The maximum atomic E-state index is 6.11.